The zero-order chi connectivity index (χ0) is 43.4. The summed E-state index contributed by atoms with van der Waals surface area (Å²) in [6.45, 7) is 13.6. The summed E-state index contributed by atoms with van der Waals surface area (Å²) in [7, 11) is 0. The maximum absolute atomic E-state index is 6.92. The number of benzene rings is 10. The van der Waals surface area contributed by atoms with Crippen molar-refractivity contribution in [1.82, 2.24) is 0 Å². The molecule has 0 atom stereocenters. The average Bonchev–Trinajstić information content (AvgIpc) is 3.89. The molecule has 0 N–H and O–H groups in total. The Kier molecular flexibility index (Phi) is 8.64. The number of furan rings is 2. The summed E-state index contributed by atoms with van der Waals surface area (Å²) in [6.07, 6.45) is 0. The summed E-state index contributed by atoms with van der Waals surface area (Å²) in [6, 6.07) is 62.0. The van der Waals surface area contributed by atoms with E-state index in [0.717, 1.165) is 78.0 Å². The van der Waals surface area contributed by atoms with E-state index < -0.39 is 0 Å². The summed E-state index contributed by atoms with van der Waals surface area (Å²) >= 11 is 0. The smallest absolute Gasteiger partial charge is 0.159 e. The molecule has 0 bridgehead atoms. The van der Waals surface area contributed by atoms with Crippen LogP contribution in [0, 0.1) is 13.8 Å². The first-order valence-corrected chi connectivity index (χ1v) is 22.6. The molecule has 0 saturated heterocycles. The van der Waals surface area contributed by atoms with Gasteiger partial charge in [-0.05, 0) is 106 Å². The van der Waals surface area contributed by atoms with Crippen LogP contribution in [0.25, 0.3) is 76.2 Å². The predicted octanol–water partition coefficient (Wildman–Crippen LogP) is 18.2. The molecule has 310 valence electrons. The number of aryl methyl sites for hydroxylation is 2. The quantitative estimate of drug-likeness (QED) is 0.143. The van der Waals surface area contributed by atoms with Gasteiger partial charge in [0.05, 0.1) is 22.7 Å². The molecule has 4 heteroatoms. The summed E-state index contributed by atoms with van der Waals surface area (Å²) < 4.78 is 13.8. The van der Waals surface area contributed by atoms with Crippen LogP contribution in [0.15, 0.2) is 179 Å². The van der Waals surface area contributed by atoms with Crippen molar-refractivity contribution in [2.24, 2.45) is 0 Å². The Morgan fingerprint density at radius 3 is 1.14 bits per heavy atom. The van der Waals surface area contributed by atoms with E-state index >= 15 is 0 Å². The van der Waals surface area contributed by atoms with E-state index in [1.165, 1.54) is 54.6 Å². The highest BCUT2D eigenvalue weighted by Crippen LogP contribution is 2.53. The van der Waals surface area contributed by atoms with Crippen LogP contribution in [0.5, 0.6) is 0 Å². The van der Waals surface area contributed by atoms with Crippen molar-refractivity contribution in [3.8, 4) is 0 Å². The number of anilines is 6. The highest BCUT2D eigenvalue weighted by Gasteiger charge is 2.30. The lowest BCUT2D eigenvalue weighted by Gasteiger charge is -2.32. The van der Waals surface area contributed by atoms with Gasteiger partial charge in [0.25, 0.3) is 0 Å². The van der Waals surface area contributed by atoms with Gasteiger partial charge in [-0.1, -0.05) is 161 Å². The summed E-state index contributed by atoms with van der Waals surface area (Å²) in [5, 5.41) is 11.7. The summed E-state index contributed by atoms with van der Waals surface area (Å²) in [5.41, 5.74) is 15.1. The van der Waals surface area contributed by atoms with Crippen molar-refractivity contribution in [2.75, 3.05) is 9.80 Å². The van der Waals surface area contributed by atoms with Crippen molar-refractivity contribution < 1.29 is 8.83 Å². The minimum atomic E-state index is 0.237. The maximum Gasteiger partial charge on any atom is 0.159 e. The van der Waals surface area contributed by atoms with Crippen molar-refractivity contribution in [3.05, 3.63) is 192 Å². The Hall–Kier alpha value is -7.56. The van der Waals surface area contributed by atoms with Gasteiger partial charge in [0.2, 0.25) is 0 Å². The molecular weight excluding hydrogens is 781 g/mol. The Morgan fingerprint density at radius 1 is 0.344 bits per heavy atom. The number of para-hydroxylation sites is 4. The molecule has 0 aliphatic rings. The molecule has 0 unspecified atom stereocenters. The molecule has 12 aromatic rings. The van der Waals surface area contributed by atoms with Gasteiger partial charge in [-0.2, -0.15) is 0 Å². The van der Waals surface area contributed by atoms with Gasteiger partial charge < -0.3 is 18.6 Å². The number of nitrogens with zero attached hydrogens (tertiary/aromatic N) is 2. The molecule has 0 radical (unpaired) electrons. The fourth-order valence-electron chi connectivity index (χ4n) is 10.5. The Labute approximate surface area is 372 Å². The SMILES string of the molecule is Cc1ccccc1N(c1ccc2ccc3c(N(c4ccccc4C)c4c(C(C)C)ccc5c4oc4ccccc45)ccc4ccc1c2c43)c1c(C(C)C)ccc2c1oc1ccccc12. The Morgan fingerprint density at radius 2 is 0.719 bits per heavy atom. The third-order valence-electron chi connectivity index (χ3n) is 13.6. The molecule has 0 fully saturated rings. The molecular formula is C60H48N2O2. The molecule has 2 aromatic heterocycles. The van der Waals surface area contributed by atoms with Crippen LogP contribution in [-0.2, 0) is 0 Å². The van der Waals surface area contributed by atoms with Crippen LogP contribution in [0.1, 0.15) is 61.8 Å². The molecule has 4 nitrogen and oxygen atoms in total. The first kappa shape index (κ1) is 38.1. The first-order valence-electron chi connectivity index (χ1n) is 22.6. The summed E-state index contributed by atoms with van der Waals surface area (Å²) in [4.78, 5) is 4.97. The van der Waals surface area contributed by atoms with Gasteiger partial charge >= 0.3 is 0 Å². The number of rotatable bonds is 8. The van der Waals surface area contributed by atoms with Crippen LogP contribution in [0.2, 0.25) is 0 Å². The fourth-order valence-corrected chi connectivity index (χ4v) is 10.5. The second-order valence-corrected chi connectivity index (χ2v) is 18.1. The van der Waals surface area contributed by atoms with Crippen LogP contribution < -0.4 is 9.80 Å². The fraction of sp³-hybridized carbons (Fsp3) is 0.133. The molecule has 10 aromatic carbocycles. The molecule has 2 heterocycles. The van der Waals surface area contributed by atoms with Crippen molar-refractivity contribution in [1.29, 1.82) is 0 Å². The first-order chi connectivity index (χ1) is 31.3. The zero-order valence-corrected chi connectivity index (χ0v) is 37.0. The van der Waals surface area contributed by atoms with E-state index in [2.05, 4.69) is 221 Å². The van der Waals surface area contributed by atoms with Crippen LogP contribution in [0.3, 0.4) is 0 Å². The number of fused-ring (bicyclic) bond motifs is 6. The molecule has 0 aliphatic heterocycles. The van der Waals surface area contributed by atoms with E-state index in [4.69, 9.17) is 8.83 Å². The largest absolute Gasteiger partial charge is 0.454 e. The standard InChI is InChI=1S/C60H48N2O2/c1-35(2)41-29-31-45-43-17-9-13-21-53(43)63-59(45)57(41)61(49-19-11-7-15-37(49)5)51-33-25-39-24-28-48-52(34-26-40-23-27-47(51)55(39)56(40)48)62(50-20-12-8-16-38(50)6)58-42(36(3)4)30-32-46-44-18-10-14-22-54(44)64-60(46)58/h7-36H,1-6H3. The molecule has 12 rings (SSSR count). The highest BCUT2D eigenvalue weighted by atomic mass is 16.3. The van der Waals surface area contributed by atoms with Gasteiger partial charge in [0, 0.05) is 43.7 Å². The van der Waals surface area contributed by atoms with Gasteiger partial charge in [-0.25, -0.2) is 0 Å². The van der Waals surface area contributed by atoms with Gasteiger partial charge in [0.1, 0.15) is 11.2 Å². The second kappa shape index (κ2) is 14.5. The lowest BCUT2D eigenvalue weighted by Crippen LogP contribution is -2.15. The van der Waals surface area contributed by atoms with Gasteiger partial charge in [-0.15, -0.1) is 0 Å². The Balaban J connectivity index is 1.18. The maximum atomic E-state index is 6.92. The van der Waals surface area contributed by atoms with E-state index in [1.54, 1.807) is 0 Å². The van der Waals surface area contributed by atoms with Crippen LogP contribution in [0.4, 0.5) is 34.1 Å². The lowest BCUT2D eigenvalue weighted by molar-refractivity contribution is 0.667. The molecule has 0 amide bonds. The number of hydrogen-bond acceptors (Lipinski definition) is 4. The van der Waals surface area contributed by atoms with E-state index in [1.807, 2.05) is 0 Å². The third-order valence-corrected chi connectivity index (χ3v) is 13.6. The minimum Gasteiger partial charge on any atom is -0.454 e. The monoisotopic (exact) mass is 828 g/mol. The van der Waals surface area contributed by atoms with Crippen molar-refractivity contribution in [3.63, 3.8) is 0 Å². The normalized spacial score (nSPS) is 12.2. The van der Waals surface area contributed by atoms with Gasteiger partial charge in [-0.3, -0.25) is 0 Å². The lowest BCUT2D eigenvalue weighted by atomic mass is 9.90. The zero-order valence-electron chi connectivity index (χ0n) is 37.0. The predicted molar refractivity (Wildman–Crippen MR) is 272 cm³/mol. The van der Waals surface area contributed by atoms with Crippen molar-refractivity contribution >= 4 is 110 Å². The highest BCUT2D eigenvalue weighted by molar-refractivity contribution is 6.29. The average molecular weight is 829 g/mol. The minimum absolute atomic E-state index is 0.237. The molecule has 64 heavy (non-hydrogen) atoms. The van der Waals surface area contributed by atoms with Crippen LogP contribution in [-0.4, -0.2) is 0 Å². The second-order valence-electron chi connectivity index (χ2n) is 18.1. The Bertz CT molecular complexity index is 3540. The van der Waals surface area contributed by atoms with E-state index in [-0.39, 0.29) is 11.8 Å². The summed E-state index contributed by atoms with van der Waals surface area (Å²) in [5.74, 6) is 0.474. The van der Waals surface area contributed by atoms with E-state index in [0.29, 0.717) is 0 Å². The van der Waals surface area contributed by atoms with E-state index in [9.17, 15) is 0 Å². The number of hydrogen-bond donors (Lipinski definition) is 0. The molecule has 0 aliphatic carbocycles. The third kappa shape index (κ3) is 5.61. The molecule has 0 saturated carbocycles. The molecule has 0 spiro atoms. The van der Waals surface area contributed by atoms with Crippen molar-refractivity contribution in [2.45, 2.75) is 53.4 Å². The van der Waals surface area contributed by atoms with Gasteiger partial charge in [0.15, 0.2) is 11.2 Å². The topological polar surface area (TPSA) is 32.8 Å². The van der Waals surface area contributed by atoms with Crippen LogP contribution >= 0.6 is 0 Å².